The van der Waals surface area contributed by atoms with Crippen LogP contribution in [-0.4, -0.2) is 22.6 Å². The second-order valence-corrected chi connectivity index (χ2v) is 6.67. The Kier molecular flexibility index (Phi) is 6.27. The number of carboxylic acids is 1. The number of hydrogen-bond acceptors (Lipinski definition) is 4. The SMILES string of the molecule is C=C/C=C(\C=C)Oc1ccc2c(c1)C(CNc1cnccc1C(=O)O)CCC2. The van der Waals surface area contributed by atoms with Gasteiger partial charge in [0.05, 0.1) is 17.4 Å². The lowest BCUT2D eigenvalue weighted by Crippen LogP contribution is -2.19. The first kappa shape index (κ1) is 19.4. The van der Waals surface area contributed by atoms with Crippen LogP contribution >= 0.6 is 0 Å². The van der Waals surface area contributed by atoms with Crippen LogP contribution in [0.5, 0.6) is 5.75 Å². The minimum atomic E-state index is -0.962. The Balaban J connectivity index is 1.80. The summed E-state index contributed by atoms with van der Waals surface area (Å²) in [4.78, 5) is 15.4. The van der Waals surface area contributed by atoms with Crippen molar-refractivity contribution >= 4 is 11.7 Å². The number of hydrogen-bond donors (Lipinski definition) is 2. The van der Waals surface area contributed by atoms with Crippen LogP contribution in [0.3, 0.4) is 0 Å². The molecule has 1 atom stereocenters. The topological polar surface area (TPSA) is 71.5 Å². The molecule has 1 aromatic carbocycles. The molecular formula is C23H24N2O3. The number of aromatic carboxylic acids is 1. The number of ether oxygens (including phenoxy) is 1. The predicted molar refractivity (Wildman–Crippen MR) is 111 cm³/mol. The number of fused-ring (bicyclic) bond motifs is 1. The van der Waals surface area contributed by atoms with Gasteiger partial charge in [-0.3, -0.25) is 4.98 Å². The summed E-state index contributed by atoms with van der Waals surface area (Å²) in [6, 6.07) is 7.66. The third-order valence-corrected chi connectivity index (χ3v) is 4.87. The molecule has 0 bridgehead atoms. The summed E-state index contributed by atoms with van der Waals surface area (Å²) in [6.07, 6.45) is 11.3. The lowest BCUT2D eigenvalue weighted by molar-refractivity contribution is 0.0698. The number of nitrogens with one attached hydrogen (secondary N) is 1. The maximum absolute atomic E-state index is 11.4. The zero-order valence-corrected chi connectivity index (χ0v) is 15.7. The average molecular weight is 376 g/mol. The van der Waals surface area contributed by atoms with E-state index in [9.17, 15) is 9.90 Å². The molecule has 5 nitrogen and oxygen atoms in total. The van der Waals surface area contributed by atoms with Gasteiger partial charge in [0, 0.05) is 18.7 Å². The third kappa shape index (κ3) is 4.49. The molecule has 144 valence electrons. The summed E-state index contributed by atoms with van der Waals surface area (Å²) in [5.41, 5.74) is 3.31. The number of aryl methyl sites for hydroxylation is 1. The number of allylic oxidation sites excluding steroid dienone is 3. The van der Waals surface area contributed by atoms with E-state index < -0.39 is 5.97 Å². The molecule has 1 aliphatic rings. The molecule has 0 amide bonds. The number of pyridine rings is 1. The largest absolute Gasteiger partial charge is 0.478 e. The van der Waals surface area contributed by atoms with Crippen molar-refractivity contribution < 1.29 is 14.6 Å². The second kappa shape index (κ2) is 9.04. The van der Waals surface area contributed by atoms with E-state index in [2.05, 4.69) is 35.6 Å². The molecule has 2 N–H and O–H groups in total. The summed E-state index contributed by atoms with van der Waals surface area (Å²) >= 11 is 0. The van der Waals surface area contributed by atoms with Gasteiger partial charge in [-0.2, -0.15) is 0 Å². The van der Waals surface area contributed by atoms with Crippen LogP contribution in [0.15, 0.2) is 73.8 Å². The summed E-state index contributed by atoms with van der Waals surface area (Å²) in [7, 11) is 0. The Bertz CT molecular complexity index is 918. The highest BCUT2D eigenvalue weighted by Crippen LogP contribution is 2.35. The fourth-order valence-electron chi connectivity index (χ4n) is 3.50. The Hall–Kier alpha value is -3.34. The number of benzene rings is 1. The first-order valence-electron chi connectivity index (χ1n) is 9.29. The molecule has 0 saturated heterocycles. The molecule has 5 heteroatoms. The van der Waals surface area contributed by atoms with Crippen molar-refractivity contribution in [2.75, 3.05) is 11.9 Å². The molecule has 2 aromatic rings. The van der Waals surface area contributed by atoms with E-state index in [1.165, 1.54) is 23.4 Å². The molecule has 1 unspecified atom stereocenters. The Morgan fingerprint density at radius 1 is 1.36 bits per heavy atom. The number of aromatic nitrogens is 1. The zero-order valence-electron chi connectivity index (χ0n) is 15.7. The van der Waals surface area contributed by atoms with Gasteiger partial charge in [0.15, 0.2) is 0 Å². The molecule has 0 saturated carbocycles. The second-order valence-electron chi connectivity index (χ2n) is 6.67. The fraction of sp³-hybridized carbons (Fsp3) is 0.217. The van der Waals surface area contributed by atoms with Gasteiger partial charge in [-0.25, -0.2) is 4.79 Å². The average Bonchev–Trinajstić information content (AvgIpc) is 2.72. The van der Waals surface area contributed by atoms with Crippen molar-refractivity contribution in [2.45, 2.75) is 25.2 Å². The van der Waals surface area contributed by atoms with Gasteiger partial charge in [-0.05, 0) is 60.7 Å². The van der Waals surface area contributed by atoms with E-state index in [1.807, 2.05) is 6.07 Å². The molecule has 0 spiro atoms. The summed E-state index contributed by atoms with van der Waals surface area (Å²) in [5.74, 6) is 0.702. The standard InChI is InChI=1S/C23H24N2O3/c1-3-6-18(4-2)28-19-10-9-16-7-5-8-17(21(16)13-19)14-25-22-15-24-12-11-20(22)23(26)27/h3-4,6,9-13,15,17,25H,1-2,5,7-8,14H2,(H,26,27)/b18-6+. The molecule has 28 heavy (non-hydrogen) atoms. The molecule has 3 rings (SSSR count). The minimum absolute atomic E-state index is 0.230. The number of carbonyl (C=O) groups is 1. The van der Waals surface area contributed by atoms with E-state index in [0.717, 1.165) is 25.0 Å². The van der Waals surface area contributed by atoms with Gasteiger partial charge in [-0.1, -0.05) is 25.3 Å². The van der Waals surface area contributed by atoms with Crippen LogP contribution in [0.1, 0.15) is 40.2 Å². The maximum Gasteiger partial charge on any atom is 0.337 e. The van der Waals surface area contributed by atoms with Crippen LogP contribution in [-0.2, 0) is 6.42 Å². The summed E-state index contributed by atoms with van der Waals surface area (Å²) < 4.78 is 5.90. The summed E-state index contributed by atoms with van der Waals surface area (Å²) in [5, 5.41) is 12.6. The number of carboxylic acid groups (broad SMARTS) is 1. The molecule has 0 aliphatic heterocycles. The van der Waals surface area contributed by atoms with E-state index in [1.54, 1.807) is 24.4 Å². The minimum Gasteiger partial charge on any atom is -0.478 e. The third-order valence-electron chi connectivity index (χ3n) is 4.87. The van der Waals surface area contributed by atoms with Crippen LogP contribution in [0.2, 0.25) is 0 Å². The Labute approximate surface area is 165 Å². The van der Waals surface area contributed by atoms with Crippen molar-refractivity contribution in [3.05, 3.63) is 90.5 Å². The smallest absolute Gasteiger partial charge is 0.337 e. The van der Waals surface area contributed by atoms with Crippen molar-refractivity contribution in [3.63, 3.8) is 0 Å². The molecule has 1 aliphatic carbocycles. The van der Waals surface area contributed by atoms with E-state index in [-0.39, 0.29) is 11.5 Å². The van der Waals surface area contributed by atoms with Crippen LogP contribution in [0.25, 0.3) is 0 Å². The monoisotopic (exact) mass is 376 g/mol. The van der Waals surface area contributed by atoms with Gasteiger partial charge in [0.1, 0.15) is 11.5 Å². The first-order chi connectivity index (χ1) is 13.6. The van der Waals surface area contributed by atoms with Crippen LogP contribution in [0.4, 0.5) is 5.69 Å². The summed E-state index contributed by atoms with van der Waals surface area (Å²) in [6.45, 7) is 8.08. The zero-order chi connectivity index (χ0) is 19.9. The van der Waals surface area contributed by atoms with Gasteiger partial charge in [0.25, 0.3) is 0 Å². The van der Waals surface area contributed by atoms with Gasteiger partial charge < -0.3 is 15.2 Å². The normalized spacial score (nSPS) is 16.0. The van der Waals surface area contributed by atoms with Crippen molar-refractivity contribution in [1.82, 2.24) is 4.98 Å². The maximum atomic E-state index is 11.4. The van der Waals surface area contributed by atoms with E-state index in [0.29, 0.717) is 18.0 Å². The van der Waals surface area contributed by atoms with Crippen molar-refractivity contribution in [2.24, 2.45) is 0 Å². The lowest BCUT2D eigenvalue weighted by atomic mass is 9.82. The highest BCUT2D eigenvalue weighted by molar-refractivity contribution is 5.93. The molecule has 0 radical (unpaired) electrons. The van der Waals surface area contributed by atoms with Crippen LogP contribution in [0, 0.1) is 0 Å². The number of anilines is 1. The Morgan fingerprint density at radius 3 is 2.96 bits per heavy atom. The Morgan fingerprint density at radius 2 is 2.21 bits per heavy atom. The highest BCUT2D eigenvalue weighted by atomic mass is 16.5. The highest BCUT2D eigenvalue weighted by Gasteiger charge is 2.22. The van der Waals surface area contributed by atoms with Crippen molar-refractivity contribution in [1.29, 1.82) is 0 Å². The molecule has 1 heterocycles. The van der Waals surface area contributed by atoms with Gasteiger partial charge in [-0.15, -0.1) is 0 Å². The first-order valence-corrected chi connectivity index (χ1v) is 9.29. The number of rotatable bonds is 8. The van der Waals surface area contributed by atoms with Gasteiger partial charge >= 0.3 is 5.97 Å². The predicted octanol–water partition coefficient (Wildman–Crippen LogP) is 4.95. The molecular weight excluding hydrogens is 352 g/mol. The molecule has 0 fully saturated rings. The van der Waals surface area contributed by atoms with Crippen molar-refractivity contribution in [3.8, 4) is 5.75 Å². The fourth-order valence-corrected chi connectivity index (χ4v) is 3.50. The molecule has 1 aromatic heterocycles. The van der Waals surface area contributed by atoms with E-state index >= 15 is 0 Å². The number of nitrogens with zero attached hydrogens (tertiary/aromatic N) is 1. The van der Waals surface area contributed by atoms with Crippen LogP contribution < -0.4 is 10.1 Å². The van der Waals surface area contributed by atoms with E-state index in [4.69, 9.17) is 4.74 Å². The van der Waals surface area contributed by atoms with Gasteiger partial charge in [0.2, 0.25) is 0 Å². The lowest BCUT2D eigenvalue weighted by Gasteiger charge is -2.27. The quantitative estimate of drug-likeness (QED) is 0.504.